The molecule has 1 saturated carbocycles. The molecule has 1 fully saturated rings. The summed E-state index contributed by atoms with van der Waals surface area (Å²) in [6, 6.07) is 0. The lowest BCUT2D eigenvalue weighted by Gasteiger charge is -2.17. The van der Waals surface area contributed by atoms with Crippen molar-refractivity contribution >= 4 is 5.91 Å². The summed E-state index contributed by atoms with van der Waals surface area (Å²) >= 11 is 0. The molecule has 0 aromatic rings. The van der Waals surface area contributed by atoms with Crippen LogP contribution in [-0.2, 0) is 4.79 Å². The molecular formula is C13H17NO. The molecule has 0 radical (unpaired) electrons. The van der Waals surface area contributed by atoms with Gasteiger partial charge >= 0.3 is 0 Å². The van der Waals surface area contributed by atoms with Crippen molar-refractivity contribution in [1.82, 2.24) is 5.32 Å². The number of carbonyl (C=O) groups is 1. The quantitative estimate of drug-likeness (QED) is 0.421. The molecule has 0 aliphatic heterocycles. The number of nitrogens with one attached hydrogen (secondary N) is 1. The predicted octanol–water partition coefficient (Wildman–Crippen LogP) is 1.73. The third kappa shape index (κ3) is 2.23. The lowest BCUT2D eigenvalue weighted by atomic mass is 9.93. The van der Waals surface area contributed by atoms with Crippen LogP contribution < -0.4 is 5.32 Å². The summed E-state index contributed by atoms with van der Waals surface area (Å²) in [5, 5.41) is 2.98. The Morgan fingerprint density at radius 3 is 2.93 bits per heavy atom. The highest BCUT2D eigenvalue weighted by molar-refractivity contribution is 5.79. The summed E-state index contributed by atoms with van der Waals surface area (Å²) < 4.78 is 0. The summed E-state index contributed by atoms with van der Waals surface area (Å²) in [6.45, 7) is 0.723. The standard InChI is InChI=1S/C13H17NO/c1-2-3-4-7-14-13(15)12-9-10-5-6-11(12)8-10/h1,5-6,10-12H,3-4,7-9H2,(H,14,15). The maximum Gasteiger partial charge on any atom is 0.223 e. The molecular weight excluding hydrogens is 186 g/mol. The van der Waals surface area contributed by atoms with E-state index in [9.17, 15) is 4.79 Å². The van der Waals surface area contributed by atoms with Crippen molar-refractivity contribution in [3.05, 3.63) is 12.2 Å². The first-order valence-corrected chi connectivity index (χ1v) is 5.70. The number of unbranched alkanes of at least 4 members (excludes halogenated alkanes) is 1. The smallest absolute Gasteiger partial charge is 0.223 e. The first kappa shape index (κ1) is 10.3. The summed E-state index contributed by atoms with van der Waals surface area (Å²) in [5.41, 5.74) is 0. The number of allylic oxidation sites excluding steroid dienone is 2. The summed E-state index contributed by atoms with van der Waals surface area (Å²) in [4.78, 5) is 11.8. The second-order valence-electron chi connectivity index (χ2n) is 4.49. The van der Waals surface area contributed by atoms with Crippen LogP contribution in [0.5, 0.6) is 0 Å². The molecule has 15 heavy (non-hydrogen) atoms. The maximum absolute atomic E-state index is 11.8. The predicted molar refractivity (Wildman–Crippen MR) is 59.9 cm³/mol. The minimum absolute atomic E-state index is 0.226. The van der Waals surface area contributed by atoms with Gasteiger partial charge in [-0.05, 0) is 31.1 Å². The fraction of sp³-hybridized carbons (Fsp3) is 0.615. The highest BCUT2D eigenvalue weighted by Crippen LogP contribution is 2.43. The molecule has 2 heteroatoms. The zero-order valence-electron chi connectivity index (χ0n) is 8.91. The Labute approximate surface area is 91.1 Å². The zero-order chi connectivity index (χ0) is 10.7. The van der Waals surface area contributed by atoms with Crippen LogP contribution >= 0.6 is 0 Å². The topological polar surface area (TPSA) is 29.1 Å². The van der Waals surface area contributed by atoms with E-state index in [1.54, 1.807) is 0 Å². The van der Waals surface area contributed by atoms with E-state index in [-0.39, 0.29) is 11.8 Å². The van der Waals surface area contributed by atoms with E-state index in [1.807, 2.05) is 0 Å². The fourth-order valence-electron chi connectivity index (χ4n) is 2.62. The summed E-state index contributed by atoms with van der Waals surface area (Å²) in [5.74, 6) is 4.19. The van der Waals surface area contributed by atoms with E-state index in [4.69, 9.17) is 6.42 Å². The molecule has 80 valence electrons. The first-order chi connectivity index (χ1) is 7.31. The molecule has 3 unspecified atom stereocenters. The monoisotopic (exact) mass is 203 g/mol. The average molecular weight is 203 g/mol. The maximum atomic E-state index is 11.8. The van der Waals surface area contributed by atoms with Crippen LogP contribution in [0.25, 0.3) is 0 Å². The normalized spacial score (nSPS) is 31.5. The van der Waals surface area contributed by atoms with Gasteiger partial charge in [0.1, 0.15) is 0 Å². The van der Waals surface area contributed by atoms with Crippen molar-refractivity contribution in [3.63, 3.8) is 0 Å². The summed E-state index contributed by atoms with van der Waals surface area (Å²) in [7, 11) is 0. The number of rotatable bonds is 4. The van der Waals surface area contributed by atoms with Crippen molar-refractivity contribution in [2.75, 3.05) is 6.54 Å². The number of terminal acetylenes is 1. The van der Waals surface area contributed by atoms with Gasteiger partial charge in [-0.1, -0.05) is 12.2 Å². The number of hydrogen-bond acceptors (Lipinski definition) is 1. The van der Waals surface area contributed by atoms with E-state index < -0.39 is 0 Å². The van der Waals surface area contributed by atoms with Crippen LogP contribution in [0.1, 0.15) is 25.7 Å². The minimum Gasteiger partial charge on any atom is -0.356 e. The molecule has 0 saturated heterocycles. The van der Waals surface area contributed by atoms with E-state index in [2.05, 4.69) is 23.4 Å². The van der Waals surface area contributed by atoms with Crippen LogP contribution in [0.4, 0.5) is 0 Å². The van der Waals surface area contributed by atoms with Gasteiger partial charge in [0.05, 0.1) is 0 Å². The Morgan fingerprint density at radius 1 is 1.47 bits per heavy atom. The molecule has 3 atom stereocenters. The lowest BCUT2D eigenvalue weighted by Crippen LogP contribution is -2.33. The molecule has 2 nitrogen and oxygen atoms in total. The molecule has 2 rings (SSSR count). The Bertz CT molecular complexity index is 313. The number of carbonyl (C=O) groups excluding carboxylic acids is 1. The second kappa shape index (κ2) is 4.53. The van der Waals surface area contributed by atoms with Gasteiger partial charge in [-0.2, -0.15) is 0 Å². The highest BCUT2D eigenvalue weighted by Gasteiger charge is 2.39. The Hall–Kier alpha value is -1.23. The lowest BCUT2D eigenvalue weighted by molar-refractivity contribution is -0.125. The van der Waals surface area contributed by atoms with Crippen LogP contribution in [0.3, 0.4) is 0 Å². The molecule has 2 aliphatic carbocycles. The van der Waals surface area contributed by atoms with Gasteiger partial charge in [0, 0.05) is 18.9 Å². The van der Waals surface area contributed by atoms with Gasteiger partial charge in [0.2, 0.25) is 5.91 Å². The van der Waals surface area contributed by atoms with E-state index in [0.29, 0.717) is 11.8 Å². The van der Waals surface area contributed by atoms with Crippen LogP contribution in [0.15, 0.2) is 12.2 Å². The third-order valence-corrected chi connectivity index (χ3v) is 3.41. The van der Waals surface area contributed by atoms with E-state index >= 15 is 0 Å². The molecule has 0 aromatic carbocycles. The van der Waals surface area contributed by atoms with Gasteiger partial charge in [-0.3, -0.25) is 4.79 Å². The van der Waals surface area contributed by atoms with Crippen molar-refractivity contribution in [3.8, 4) is 12.3 Å². The molecule has 1 amide bonds. The van der Waals surface area contributed by atoms with Gasteiger partial charge in [0.15, 0.2) is 0 Å². The molecule has 1 N–H and O–H groups in total. The van der Waals surface area contributed by atoms with Crippen LogP contribution in [-0.4, -0.2) is 12.5 Å². The summed E-state index contributed by atoms with van der Waals surface area (Å²) in [6.07, 6.45) is 13.5. The first-order valence-electron chi connectivity index (χ1n) is 5.70. The Balaban J connectivity index is 1.73. The third-order valence-electron chi connectivity index (χ3n) is 3.41. The van der Waals surface area contributed by atoms with Crippen molar-refractivity contribution < 1.29 is 4.79 Å². The van der Waals surface area contributed by atoms with Crippen molar-refractivity contribution in [2.45, 2.75) is 25.7 Å². The largest absolute Gasteiger partial charge is 0.356 e. The van der Waals surface area contributed by atoms with Gasteiger partial charge in [0.25, 0.3) is 0 Å². The molecule has 0 aromatic heterocycles. The van der Waals surface area contributed by atoms with Crippen LogP contribution in [0, 0.1) is 30.1 Å². The van der Waals surface area contributed by atoms with Crippen molar-refractivity contribution in [1.29, 1.82) is 0 Å². The fourth-order valence-corrected chi connectivity index (χ4v) is 2.62. The molecule has 2 bridgehead atoms. The number of amides is 1. The minimum atomic E-state index is 0.226. The number of fused-ring (bicyclic) bond motifs is 2. The van der Waals surface area contributed by atoms with Gasteiger partial charge in [-0.15, -0.1) is 12.3 Å². The SMILES string of the molecule is C#CCCCNC(=O)C1CC2C=CC1C2. The molecule has 0 spiro atoms. The second-order valence-corrected chi connectivity index (χ2v) is 4.49. The molecule has 0 heterocycles. The number of hydrogen-bond donors (Lipinski definition) is 1. The van der Waals surface area contributed by atoms with E-state index in [1.165, 1.54) is 6.42 Å². The van der Waals surface area contributed by atoms with Gasteiger partial charge < -0.3 is 5.32 Å². The van der Waals surface area contributed by atoms with Crippen molar-refractivity contribution in [2.24, 2.45) is 17.8 Å². The average Bonchev–Trinajstić information content (AvgIpc) is 2.85. The van der Waals surface area contributed by atoms with Crippen LogP contribution in [0.2, 0.25) is 0 Å². The highest BCUT2D eigenvalue weighted by atomic mass is 16.1. The Kier molecular flexibility index (Phi) is 3.11. The van der Waals surface area contributed by atoms with E-state index in [0.717, 1.165) is 25.8 Å². The zero-order valence-corrected chi connectivity index (χ0v) is 8.91. The van der Waals surface area contributed by atoms with Gasteiger partial charge in [-0.25, -0.2) is 0 Å². The Morgan fingerprint density at radius 2 is 2.33 bits per heavy atom. The molecule has 2 aliphatic rings.